The molecule has 21 heavy (non-hydrogen) atoms. The van der Waals surface area contributed by atoms with Crippen LogP contribution in [0.5, 0.6) is 0 Å². The molecule has 0 spiro atoms. The van der Waals surface area contributed by atoms with E-state index in [9.17, 15) is 4.79 Å². The topological polar surface area (TPSA) is 55.1 Å². The van der Waals surface area contributed by atoms with Crippen molar-refractivity contribution in [3.8, 4) is 11.3 Å². The van der Waals surface area contributed by atoms with Gasteiger partial charge in [0.1, 0.15) is 0 Å². The molecule has 3 rings (SSSR count). The number of carbonyl (C=O) groups excluding carboxylic acids is 1. The third-order valence-corrected chi connectivity index (χ3v) is 4.13. The summed E-state index contributed by atoms with van der Waals surface area (Å²) in [7, 11) is 0. The van der Waals surface area contributed by atoms with Gasteiger partial charge in [0, 0.05) is 10.4 Å². The van der Waals surface area contributed by atoms with Crippen molar-refractivity contribution in [1.29, 1.82) is 0 Å². The second-order valence-electron chi connectivity index (χ2n) is 4.61. The number of thiophene rings is 1. The fourth-order valence-electron chi connectivity index (χ4n) is 1.98. The Morgan fingerprint density at radius 2 is 2.05 bits per heavy atom. The van der Waals surface area contributed by atoms with Crippen LogP contribution in [0.1, 0.15) is 28.5 Å². The van der Waals surface area contributed by atoms with Gasteiger partial charge in [0.05, 0.1) is 12.2 Å². The smallest absolute Gasteiger partial charge is 0.307 e. The lowest BCUT2D eigenvalue weighted by Gasteiger charge is -2.09. The zero-order valence-corrected chi connectivity index (χ0v) is 12.3. The molecular weight excluding hydrogens is 284 g/mol. The Morgan fingerprint density at radius 3 is 2.76 bits per heavy atom. The van der Waals surface area contributed by atoms with E-state index in [-0.39, 0.29) is 17.8 Å². The van der Waals surface area contributed by atoms with Crippen molar-refractivity contribution in [2.24, 2.45) is 0 Å². The number of carbonyl (C=O) groups is 1. The molecule has 0 saturated carbocycles. The van der Waals surface area contributed by atoms with Gasteiger partial charge in [-0.05, 0) is 18.4 Å². The van der Waals surface area contributed by atoms with Crippen molar-refractivity contribution >= 4 is 17.2 Å². The summed E-state index contributed by atoms with van der Waals surface area (Å²) in [5.41, 5.74) is 0.898. The third-order valence-electron chi connectivity index (χ3n) is 3.08. The highest BCUT2D eigenvalue weighted by molar-refractivity contribution is 7.10. The van der Waals surface area contributed by atoms with Gasteiger partial charge >= 0.3 is 5.91 Å². The monoisotopic (exact) mass is 298 g/mol. The minimum atomic E-state index is -0.307. The molecule has 1 N–H and O–H groups in total. The molecule has 1 aromatic carbocycles. The summed E-state index contributed by atoms with van der Waals surface area (Å²) in [6, 6.07) is 13.5. The van der Waals surface area contributed by atoms with Gasteiger partial charge in [0.2, 0.25) is 0 Å². The lowest BCUT2D eigenvalue weighted by Crippen LogP contribution is -2.26. The van der Waals surface area contributed by atoms with Gasteiger partial charge < -0.3 is 9.73 Å². The van der Waals surface area contributed by atoms with Gasteiger partial charge in [-0.3, -0.25) is 4.79 Å². The fraction of sp³-hybridized carbons (Fsp3) is 0.125. The maximum Gasteiger partial charge on any atom is 0.307 e. The number of oxazole rings is 1. The van der Waals surface area contributed by atoms with Crippen molar-refractivity contribution < 1.29 is 9.21 Å². The van der Waals surface area contributed by atoms with E-state index in [1.54, 1.807) is 17.5 Å². The van der Waals surface area contributed by atoms with Gasteiger partial charge in [0.15, 0.2) is 5.76 Å². The Bertz CT molecular complexity index is 720. The first-order chi connectivity index (χ1) is 10.2. The molecule has 0 fully saturated rings. The van der Waals surface area contributed by atoms with E-state index in [1.165, 1.54) is 0 Å². The summed E-state index contributed by atoms with van der Waals surface area (Å²) in [6.45, 7) is 1.94. The van der Waals surface area contributed by atoms with E-state index in [0.717, 1.165) is 10.4 Å². The van der Waals surface area contributed by atoms with E-state index in [0.29, 0.717) is 5.76 Å². The standard InChI is InChI=1S/C16H14N2O2S/c1-11(14-8-5-9-21-14)18-15(19)16-17-10-13(20-16)12-6-3-2-4-7-12/h2-11H,1H3,(H,18,19)/t11-/m1/s1. The number of rotatable bonds is 4. The number of amides is 1. The Morgan fingerprint density at radius 1 is 1.24 bits per heavy atom. The molecule has 0 bridgehead atoms. The molecule has 2 aromatic heterocycles. The molecule has 1 amide bonds. The van der Waals surface area contributed by atoms with E-state index in [2.05, 4.69) is 10.3 Å². The summed E-state index contributed by atoms with van der Waals surface area (Å²) < 4.78 is 5.53. The van der Waals surface area contributed by atoms with Gasteiger partial charge in [-0.15, -0.1) is 11.3 Å². The van der Waals surface area contributed by atoms with Gasteiger partial charge in [-0.1, -0.05) is 36.4 Å². The number of hydrogen-bond acceptors (Lipinski definition) is 4. The largest absolute Gasteiger partial charge is 0.432 e. The lowest BCUT2D eigenvalue weighted by molar-refractivity contribution is 0.0906. The van der Waals surface area contributed by atoms with Crippen LogP contribution < -0.4 is 5.32 Å². The molecule has 1 atom stereocenters. The van der Waals surface area contributed by atoms with E-state index in [4.69, 9.17) is 4.42 Å². The van der Waals surface area contributed by atoms with Gasteiger partial charge in [0.25, 0.3) is 5.89 Å². The first kappa shape index (κ1) is 13.6. The van der Waals surface area contributed by atoms with Crippen molar-refractivity contribution in [2.75, 3.05) is 0 Å². The minimum Gasteiger partial charge on any atom is -0.432 e. The van der Waals surface area contributed by atoms with Crippen LogP contribution in [0.3, 0.4) is 0 Å². The van der Waals surface area contributed by atoms with Crippen LogP contribution in [0.15, 0.2) is 58.5 Å². The molecule has 5 heteroatoms. The SMILES string of the molecule is C[C@@H](NC(=O)c1ncc(-c2ccccc2)o1)c1cccs1. The summed E-state index contributed by atoms with van der Waals surface area (Å²) in [5, 5.41) is 4.86. The quantitative estimate of drug-likeness (QED) is 0.795. The zero-order valence-electron chi connectivity index (χ0n) is 11.4. The molecule has 0 aliphatic carbocycles. The number of benzene rings is 1. The van der Waals surface area contributed by atoms with Crippen molar-refractivity contribution in [2.45, 2.75) is 13.0 Å². The highest BCUT2D eigenvalue weighted by Gasteiger charge is 2.17. The first-order valence-corrected chi connectivity index (χ1v) is 7.47. The second-order valence-corrected chi connectivity index (χ2v) is 5.59. The third kappa shape index (κ3) is 3.03. The Labute approximate surface area is 126 Å². The maximum atomic E-state index is 12.1. The van der Waals surface area contributed by atoms with Crippen LogP contribution in [0.4, 0.5) is 0 Å². The highest BCUT2D eigenvalue weighted by atomic mass is 32.1. The van der Waals surface area contributed by atoms with Crippen LogP contribution in [0.25, 0.3) is 11.3 Å². The summed E-state index contributed by atoms with van der Waals surface area (Å²) in [5.74, 6) is 0.361. The Balaban J connectivity index is 1.73. The molecule has 4 nitrogen and oxygen atoms in total. The van der Waals surface area contributed by atoms with Crippen LogP contribution in [0, 0.1) is 0 Å². The summed E-state index contributed by atoms with van der Waals surface area (Å²) in [6.07, 6.45) is 1.57. The second kappa shape index (κ2) is 5.93. The Hall–Kier alpha value is -2.40. The van der Waals surface area contributed by atoms with Crippen LogP contribution in [-0.4, -0.2) is 10.9 Å². The van der Waals surface area contributed by atoms with Gasteiger partial charge in [-0.25, -0.2) is 4.98 Å². The molecule has 0 unspecified atom stereocenters. The molecule has 0 aliphatic heterocycles. The maximum absolute atomic E-state index is 12.1. The predicted octanol–water partition coefficient (Wildman–Crippen LogP) is 3.89. The average Bonchev–Trinajstić information content (AvgIpc) is 3.20. The van der Waals surface area contributed by atoms with E-state index >= 15 is 0 Å². The van der Waals surface area contributed by atoms with Crippen LogP contribution >= 0.6 is 11.3 Å². The fourth-order valence-corrected chi connectivity index (χ4v) is 2.72. The van der Waals surface area contributed by atoms with Crippen molar-refractivity contribution in [3.63, 3.8) is 0 Å². The number of hydrogen-bond donors (Lipinski definition) is 1. The minimum absolute atomic E-state index is 0.0652. The van der Waals surface area contributed by atoms with Crippen molar-refractivity contribution in [3.05, 3.63) is 64.8 Å². The average molecular weight is 298 g/mol. The lowest BCUT2D eigenvalue weighted by atomic mass is 10.2. The zero-order chi connectivity index (χ0) is 14.7. The molecule has 3 aromatic rings. The van der Waals surface area contributed by atoms with Crippen molar-refractivity contribution in [1.82, 2.24) is 10.3 Å². The normalized spacial score (nSPS) is 12.0. The molecule has 106 valence electrons. The summed E-state index contributed by atoms with van der Waals surface area (Å²) in [4.78, 5) is 17.3. The first-order valence-electron chi connectivity index (χ1n) is 6.59. The molecule has 0 radical (unpaired) electrons. The van der Waals surface area contributed by atoms with Crippen LogP contribution in [0.2, 0.25) is 0 Å². The molecular formula is C16H14N2O2S. The van der Waals surface area contributed by atoms with Crippen LogP contribution in [-0.2, 0) is 0 Å². The molecule has 0 saturated heterocycles. The summed E-state index contributed by atoms with van der Waals surface area (Å²) >= 11 is 1.60. The van der Waals surface area contributed by atoms with E-state index < -0.39 is 0 Å². The van der Waals surface area contributed by atoms with Gasteiger partial charge in [-0.2, -0.15) is 0 Å². The Kier molecular flexibility index (Phi) is 3.83. The number of aromatic nitrogens is 1. The van der Waals surface area contributed by atoms with E-state index in [1.807, 2.05) is 54.8 Å². The molecule has 0 aliphatic rings. The highest BCUT2D eigenvalue weighted by Crippen LogP contribution is 2.21. The number of nitrogens with zero attached hydrogens (tertiary/aromatic N) is 1. The number of nitrogens with one attached hydrogen (secondary N) is 1. The molecule has 2 heterocycles. The predicted molar refractivity (Wildman–Crippen MR) is 82.1 cm³/mol.